The van der Waals surface area contributed by atoms with Crippen molar-refractivity contribution in [3.05, 3.63) is 102 Å². The van der Waals surface area contributed by atoms with Gasteiger partial charge in [-0.1, -0.05) is 66.4 Å². The van der Waals surface area contributed by atoms with Gasteiger partial charge >= 0.3 is 0 Å². The predicted octanol–water partition coefficient (Wildman–Crippen LogP) is 5.32. The summed E-state index contributed by atoms with van der Waals surface area (Å²) in [7, 11) is 1.79. The second-order valence-corrected chi connectivity index (χ2v) is 9.40. The molecule has 5 rings (SSSR count). The highest BCUT2D eigenvalue weighted by atomic mass is 32.2. The number of carbonyl (C=O) groups excluding carboxylic acids is 2. The van der Waals surface area contributed by atoms with Crippen LogP contribution in [0.1, 0.15) is 34.7 Å². The van der Waals surface area contributed by atoms with Gasteiger partial charge in [-0.15, -0.1) is 0 Å². The molecule has 0 bridgehead atoms. The summed E-state index contributed by atoms with van der Waals surface area (Å²) in [6.07, 6.45) is 3.35. The maximum Gasteiger partial charge on any atom is 0.230 e. The predicted molar refractivity (Wildman–Crippen MR) is 140 cm³/mol. The van der Waals surface area contributed by atoms with Crippen LogP contribution >= 0.6 is 11.8 Å². The molecule has 5 aromatic rings. The minimum Gasteiger partial charge on any atom is -0.349 e. The Balaban J connectivity index is 1.32. The molecule has 0 saturated heterocycles. The Labute approximate surface area is 207 Å². The lowest BCUT2D eigenvalue weighted by Crippen LogP contribution is -2.28. The van der Waals surface area contributed by atoms with Gasteiger partial charge in [-0.3, -0.25) is 9.59 Å². The number of aromatic nitrogens is 3. The number of nitrogens with zero attached hydrogens (tertiary/aromatic N) is 3. The molecule has 1 atom stereocenters. The number of hydrogen-bond donors (Lipinski definition) is 1. The van der Waals surface area contributed by atoms with Gasteiger partial charge in [0.05, 0.1) is 22.3 Å². The van der Waals surface area contributed by atoms with Crippen molar-refractivity contribution in [3.8, 4) is 0 Å². The summed E-state index contributed by atoms with van der Waals surface area (Å²) in [6.45, 7) is 1.98. The molecule has 35 heavy (non-hydrogen) atoms. The van der Waals surface area contributed by atoms with Crippen LogP contribution in [0.2, 0.25) is 0 Å². The highest BCUT2D eigenvalue weighted by molar-refractivity contribution is 7.99. The van der Waals surface area contributed by atoms with Crippen molar-refractivity contribution in [2.45, 2.75) is 18.0 Å². The van der Waals surface area contributed by atoms with Gasteiger partial charge in [0.1, 0.15) is 0 Å². The van der Waals surface area contributed by atoms with E-state index in [4.69, 9.17) is 0 Å². The molecule has 0 spiro atoms. The SMILES string of the molecule is C[C@@H](NC(=O)CSc1cc(C(=O)c2nccn2C)c2ccccc2n1)c1ccc2ccccc2c1. The highest BCUT2D eigenvalue weighted by Crippen LogP contribution is 2.26. The number of benzene rings is 3. The standard InChI is InChI=1S/C28H24N4O2S/c1-18(20-12-11-19-7-3-4-8-21(19)15-20)30-25(33)17-35-26-16-23(22-9-5-6-10-24(22)31-26)27(34)28-29-13-14-32(28)2/h3-16,18H,17H2,1-2H3,(H,30,33)/t18-/m1/s1. The molecule has 2 heterocycles. The fourth-order valence-electron chi connectivity index (χ4n) is 4.10. The number of ketones is 1. The van der Waals surface area contributed by atoms with Crippen molar-refractivity contribution in [3.63, 3.8) is 0 Å². The van der Waals surface area contributed by atoms with Crippen molar-refractivity contribution < 1.29 is 9.59 Å². The number of carbonyl (C=O) groups is 2. The van der Waals surface area contributed by atoms with Crippen molar-refractivity contribution in [1.82, 2.24) is 19.9 Å². The summed E-state index contributed by atoms with van der Waals surface area (Å²) in [5.74, 6) is 0.286. The zero-order valence-electron chi connectivity index (χ0n) is 19.4. The largest absolute Gasteiger partial charge is 0.349 e. The summed E-state index contributed by atoms with van der Waals surface area (Å²) in [4.78, 5) is 34.8. The van der Waals surface area contributed by atoms with E-state index in [-0.39, 0.29) is 23.5 Å². The van der Waals surface area contributed by atoms with Gasteiger partial charge < -0.3 is 9.88 Å². The molecule has 6 nitrogen and oxygen atoms in total. The van der Waals surface area contributed by atoms with E-state index in [1.807, 2.05) is 49.4 Å². The van der Waals surface area contributed by atoms with Crippen LogP contribution in [0.4, 0.5) is 0 Å². The summed E-state index contributed by atoms with van der Waals surface area (Å²) >= 11 is 1.31. The van der Waals surface area contributed by atoms with Crippen LogP contribution in [0.25, 0.3) is 21.7 Å². The third-order valence-electron chi connectivity index (χ3n) is 5.96. The number of imidazole rings is 1. The second kappa shape index (κ2) is 9.72. The number of rotatable bonds is 7. The molecule has 0 radical (unpaired) electrons. The van der Waals surface area contributed by atoms with E-state index < -0.39 is 0 Å². The van der Waals surface area contributed by atoms with E-state index in [9.17, 15) is 9.59 Å². The van der Waals surface area contributed by atoms with Gasteiger partial charge in [0.15, 0.2) is 5.82 Å². The van der Waals surface area contributed by atoms with E-state index in [2.05, 4.69) is 39.6 Å². The Morgan fingerprint density at radius 1 is 1.00 bits per heavy atom. The number of aryl methyl sites for hydroxylation is 1. The van der Waals surface area contributed by atoms with Crippen molar-refractivity contribution in [2.75, 3.05) is 5.75 Å². The molecule has 0 aliphatic carbocycles. The molecule has 0 fully saturated rings. The molecule has 0 unspecified atom stereocenters. The summed E-state index contributed by atoms with van der Waals surface area (Å²) in [6, 6.07) is 23.5. The van der Waals surface area contributed by atoms with Gasteiger partial charge in [0.25, 0.3) is 0 Å². The van der Waals surface area contributed by atoms with Gasteiger partial charge in [0.2, 0.25) is 11.7 Å². The number of nitrogens with one attached hydrogen (secondary N) is 1. The topological polar surface area (TPSA) is 76.9 Å². The second-order valence-electron chi connectivity index (χ2n) is 8.40. The molecular formula is C28H24N4O2S. The summed E-state index contributed by atoms with van der Waals surface area (Å²) in [5.41, 5.74) is 2.28. The minimum absolute atomic E-state index is 0.0948. The molecule has 3 aromatic carbocycles. The quantitative estimate of drug-likeness (QED) is 0.252. The van der Waals surface area contributed by atoms with E-state index in [0.29, 0.717) is 21.9 Å². The Hall–Kier alpha value is -3.97. The Bertz CT molecular complexity index is 1560. The normalized spacial score (nSPS) is 12.1. The lowest BCUT2D eigenvalue weighted by Gasteiger charge is -2.15. The fraction of sp³-hybridized carbons (Fsp3) is 0.143. The zero-order chi connectivity index (χ0) is 24.4. The number of amides is 1. The Kier molecular flexibility index (Phi) is 6.33. The monoisotopic (exact) mass is 480 g/mol. The van der Waals surface area contributed by atoms with E-state index in [1.165, 1.54) is 17.1 Å². The fourth-order valence-corrected chi connectivity index (χ4v) is 4.83. The number of pyridine rings is 1. The molecule has 1 N–H and O–H groups in total. The van der Waals surface area contributed by atoms with Gasteiger partial charge in [-0.05, 0) is 41.5 Å². The van der Waals surface area contributed by atoms with Crippen molar-refractivity contribution in [1.29, 1.82) is 0 Å². The molecule has 0 aliphatic rings. The summed E-state index contributed by atoms with van der Waals surface area (Å²) in [5, 5.41) is 6.77. The first-order chi connectivity index (χ1) is 17.0. The molecule has 174 valence electrons. The molecule has 1 amide bonds. The Morgan fingerprint density at radius 2 is 1.77 bits per heavy atom. The van der Waals surface area contributed by atoms with E-state index >= 15 is 0 Å². The van der Waals surface area contributed by atoms with Crippen molar-refractivity contribution in [2.24, 2.45) is 7.05 Å². The number of thioether (sulfide) groups is 1. The van der Waals surface area contributed by atoms with Crippen LogP contribution in [0, 0.1) is 0 Å². The van der Waals surface area contributed by atoms with Crippen LogP contribution in [-0.4, -0.2) is 32.0 Å². The third kappa shape index (κ3) is 4.81. The zero-order valence-corrected chi connectivity index (χ0v) is 20.3. The number of para-hydroxylation sites is 1. The third-order valence-corrected chi connectivity index (χ3v) is 6.88. The lowest BCUT2D eigenvalue weighted by molar-refractivity contribution is -0.119. The van der Waals surface area contributed by atoms with Crippen molar-refractivity contribution >= 4 is 45.1 Å². The average Bonchev–Trinajstić information content (AvgIpc) is 3.32. The molecule has 0 saturated carbocycles. The maximum atomic E-state index is 13.2. The smallest absolute Gasteiger partial charge is 0.230 e. The van der Waals surface area contributed by atoms with Gasteiger partial charge in [0, 0.05) is 30.4 Å². The number of hydrogen-bond acceptors (Lipinski definition) is 5. The lowest BCUT2D eigenvalue weighted by atomic mass is 10.0. The first kappa shape index (κ1) is 22.8. The Morgan fingerprint density at radius 3 is 2.57 bits per heavy atom. The van der Waals surface area contributed by atoms with E-state index in [1.54, 1.807) is 30.1 Å². The molecule has 2 aromatic heterocycles. The first-order valence-electron chi connectivity index (χ1n) is 11.3. The van der Waals surface area contributed by atoms with Crippen LogP contribution < -0.4 is 5.32 Å². The molecule has 7 heteroatoms. The van der Waals surface area contributed by atoms with Crippen LogP contribution in [0.3, 0.4) is 0 Å². The number of fused-ring (bicyclic) bond motifs is 2. The highest BCUT2D eigenvalue weighted by Gasteiger charge is 2.19. The average molecular weight is 481 g/mol. The van der Waals surface area contributed by atoms with Gasteiger partial charge in [-0.25, -0.2) is 9.97 Å². The summed E-state index contributed by atoms with van der Waals surface area (Å²) < 4.78 is 1.70. The maximum absolute atomic E-state index is 13.2. The minimum atomic E-state index is -0.174. The van der Waals surface area contributed by atoms with Crippen LogP contribution in [0.15, 0.2) is 90.2 Å². The van der Waals surface area contributed by atoms with Crippen LogP contribution in [0.5, 0.6) is 0 Å². The van der Waals surface area contributed by atoms with Gasteiger partial charge in [-0.2, -0.15) is 0 Å². The first-order valence-corrected chi connectivity index (χ1v) is 12.3. The molecule has 0 aliphatic heterocycles. The van der Waals surface area contributed by atoms with E-state index in [0.717, 1.165) is 16.3 Å². The molecular weight excluding hydrogens is 456 g/mol. The van der Waals surface area contributed by atoms with Crippen LogP contribution in [-0.2, 0) is 11.8 Å².